The van der Waals surface area contributed by atoms with Crippen molar-refractivity contribution in [2.24, 2.45) is 5.41 Å². The van der Waals surface area contributed by atoms with Crippen LogP contribution >= 0.6 is 0 Å². The first-order chi connectivity index (χ1) is 10.4. The molecule has 2 aliphatic rings. The first-order valence-corrected chi connectivity index (χ1v) is 8.49. The number of amides is 1. The molecule has 1 aromatic carbocycles. The van der Waals surface area contributed by atoms with Crippen molar-refractivity contribution in [2.75, 3.05) is 0 Å². The van der Waals surface area contributed by atoms with Crippen LogP contribution in [0.5, 0.6) is 5.75 Å². The number of ether oxygens (including phenoxy) is 1. The maximum Gasteiger partial charge on any atom is 0.225 e. The highest BCUT2D eigenvalue weighted by Crippen LogP contribution is 2.46. The topological polar surface area (TPSA) is 38.3 Å². The molecule has 0 aromatic heterocycles. The molecular formula is C19H27NO2. The number of carbonyl (C=O) groups is 1. The normalized spacial score (nSPS) is 23.5. The molecule has 1 aliphatic heterocycles. The Morgan fingerprint density at radius 3 is 2.55 bits per heavy atom. The predicted octanol–water partition coefficient (Wildman–Crippen LogP) is 4.38. The minimum atomic E-state index is -0.368. The molecule has 1 N–H and O–H groups in total. The Bertz CT molecular complexity index is 553. The standard InChI is InChI=1S/C19H27NO2/c1-18(2,3)17(21)20-15-13-19(11-7-4-8-12-19)22-16-10-6-5-9-14(15)16/h5-6,9-10,15H,4,7-8,11-13H2,1-3H3,(H,20,21)/t15-/m0/s1. The zero-order valence-corrected chi connectivity index (χ0v) is 13.9. The van der Waals surface area contributed by atoms with Crippen molar-refractivity contribution >= 4 is 5.91 Å². The fourth-order valence-corrected chi connectivity index (χ4v) is 3.62. The summed E-state index contributed by atoms with van der Waals surface area (Å²) in [7, 11) is 0. The van der Waals surface area contributed by atoms with Crippen LogP contribution in [0.1, 0.15) is 70.9 Å². The van der Waals surface area contributed by atoms with Crippen LogP contribution < -0.4 is 10.1 Å². The van der Waals surface area contributed by atoms with E-state index in [0.29, 0.717) is 0 Å². The Kier molecular flexibility index (Phi) is 3.92. The third kappa shape index (κ3) is 2.99. The summed E-state index contributed by atoms with van der Waals surface area (Å²) in [5.41, 5.74) is 0.673. The highest BCUT2D eigenvalue weighted by Gasteiger charge is 2.42. The molecule has 120 valence electrons. The molecule has 1 atom stereocenters. The number of nitrogens with one attached hydrogen (secondary N) is 1. The van der Waals surface area contributed by atoms with Crippen molar-refractivity contribution in [3.05, 3.63) is 29.8 Å². The molecule has 1 aliphatic carbocycles. The van der Waals surface area contributed by atoms with E-state index in [2.05, 4.69) is 11.4 Å². The number of carbonyl (C=O) groups excluding carboxylic acids is 1. The van der Waals surface area contributed by atoms with Gasteiger partial charge in [-0.3, -0.25) is 4.79 Å². The summed E-state index contributed by atoms with van der Waals surface area (Å²) in [6.45, 7) is 5.89. The second-order valence-electron chi connectivity index (χ2n) is 7.86. The molecule has 3 heteroatoms. The maximum absolute atomic E-state index is 12.5. The van der Waals surface area contributed by atoms with E-state index in [1.54, 1.807) is 0 Å². The van der Waals surface area contributed by atoms with Crippen molar-refractivity contribution in [3.63, 3.8) is 0 Å². The average molecular weight is 301 g/mol. The van der Waals surface area contributed by atoms with Crippen LogP contribution in [-0.4, -0.2) is 11.5 Å². The summed E-state index contributed by atoms with van der Waals surface area (Å²) in [4.78, 5) is 12.5. The Morgan fingerprint density at radius 1 is 1.18 bits per heavy atom. The van der Waals surface area contributed by atoms with E-state index in [0.717, 1.165) is 30.6 Å². The number of hydrogen-bond donors (Lipinski definition) is 1. The second kappa shape index (κ2) is 5.60. The molecule has 1 spiro atoms. The number of para-hydroxylation sites is 1. The van der Waals surface area contributed by atoms with Crippen molar-refractivity contribution in [3.8, 4) is 5.75 Å². The monoisotopic (exact) mass is 301 g/mol. The Morgan fingerprint density at radius 2 is 1.86 bits per heavy atom. The summed E-state index contributed by atoms with van der Waals surface area (Å²) < 4.78 is 6.41. The van der Waals surface area contributed by atoms with Crippen LogP contribution in [0.2, 0.25) is 0 Å². The van der Waals surface area contributed by atoms with Gasteiger partial charge in [-0.15, -0.1) is 0 Å². The van der Waals surface area contributed by atoms with E-state index in [1.165, 1.54) is 19.3 Å². The van der Waals surface area contributed by atoms with E-state index >= 15 is 0 Å². The fraction of sp³-hybridized carbons (Fsp3) is 0.632. The van der Waals surface area contributed by atoms with Crippen LogP contribution in [0.3, 0.4) is 0 Å². The highest BCUT2D eigenvalue weighted by molar-refractivity contribution is 5.81. The van der Waals surface area contributed by atoms with Gasteiger partial charge in [0, 0.05) is 17.4 Å². The van der Waals surface area contributed by atoms with E-state index in [1.807, 2.05) is 39.0 Å². The lowest BCUT2D eigenvalue weighted by Crippen LogP contribution is -2.48. The van der Waals surface area contributed by atoms with Crippen LogP contribution in [0, 0.1) is 5.41 Å². The van der Waals surface area contributed by atoms with Crippen molar-refractivity contribution in [1.29, 1.82) is 0 Å². The smallest absolute Gasteiger partial charge is 0.225 e. The van der Waals surface area contributed by atoms with Crippen LogP contribution in [-0.2, 0) is 4.79 Å². The molecule has 3 rings (SSSR count). The lowest BCUT2D eigenvalue weighted by Gasteiger charge is -2.45. The molecule has 0 bridgehead atoms. The molecule has 1 fully saturated rings. The zero-order chi connectivity index (χ0) is 15.8. The van der Waals surface area contributed by atoms with E-state index in [-0.39, 0.29) is 23.0 Å². The summed E-state index contributed by atoms with van der Waals surface area (Å²) in [5.74, 6) is 1.06. The summed E-state index contributed by atoms with van der Waals surface area (Å²) in [6.07, 6.45) is 6.84. The Balaban J connectivity index is 1.89. The van der Waals surface area contributed by atoms with Gasteiger partial charge in [0.05, 0.1) is 6.04 Å². The van der Waals surface area contributed by atoms with Crippen molar-refractivity contribution in [2.45, 2.75) is 70.9 Å². The lowest BCUT2D eigenvalue weighted by molar-refractivity contribution is -0.130. The van der Waals surface area contributed by atoms with Gasteiger partial charge >= 0.3 is 0 Å². The number of fused-ring (bicyclic) bond motifs is 1. The quantitative estimate of drug-likeness (QED) is 0.836. The SMILES string of the molecule is CC(C)(C)C(=O)N[C@H]1CC2(CCCCC2)Oc2ccccc21. The molecule has 1 heterocycles. The second-order valence-corrected chi connectivity index (χ2v) is 7.86. The highest BCUT2D eigenvalue weighted by atomic mass is 16.5. The number of hydrogen-bond acceptors (Lipinski definition) is 2. The molecule has 0 unspecified atom stereocenters. The van der Waals surface area contributed by atoms with Crippen molar-refractivity contribution < 1.29 is 9.53 Å². The van der Waals surface area contributed by atoms with Crippen LogP contribution in [0.25, 0.3) is 0 Å². The van der Waals surface area contributed by atoms with E-state index in [4.69, 9.17) is 4.74 Å². The summed E-state index contributed by atoms with van der Waals surface area (Å²) in [5, 5.41) is 3.27. The predicted molar refractivity (Wildman–Crippen MR) is 87.8 cm³/mol. The van der Waals surface area contributed by atoms with Gasteiger partial charge < -0.3 is 10.1 Å². The number of rotatable bonds is 1. The zero-order valence-electron chi connectivity index (χ0n) is 13.9. The van der Waals surface area contributed by atoms with Gasteiger partial charge in [0.2, 0.25) is 5.91 Å². The summed E-state index contributed by atoms with van der Waals surface area (Å²) in [6, 6.07) is 8.23. The van der Waals surface area contributed by atoms with Gasteiger partial charge in [0.1, 0.15) is 11.4 Å². The molecule has 1 aromatic rings. The molecule has 1 saturated carbocycles. The fourth-order valence-electron chi connectivity index (χ4n) is 3.62. The minimum absolute atomic E-state index is 0.0646. The van der Waals surface area contributed by atoms with E-state index in [9.17, 15) is 4.79 Å². The molecule has 1 amide bonds. The Hall–Kier alpha value is -1.51. The van der Waals surface area contributed by atoms with Crippen LogP contribution in [0.4, 0.5) is 0 Å². The lowest BCUT2D eigenvalue weighted by atomic mass is 9.77. The van der Waals surface area contributed by atoms with E-state index < -0.39 is 0 Å². The van der Waals surface area contributed by atoms with Gasteiger partial charge in [-0.25, -0.2) is 0 Å². The molecule has 0 saturated heterocycles. The van der Waals surface area contributed by atoms with Gasteiger partial charge in [0.25, 0.3) is 0 Å². The Labute approximate surface area is 133 Å². The molecule has 22 heavy (non-hydrogen) atoms. The van der Waals surface area contributed by atoms with Crippen molar-refractivity contribution in [1.82, 2.24) is 5.32 Å². The third-order valence-electron chi connectivity index (χ3n) is 4.95. The van der Waals surface area contributed by atoms with Gasteiger partial charge in [-0.05, 0) is 31.7 Å². The number of benzene rings is 1. The molecule has 0 radical (unpaired) electrons. The summed E-state index contributed by atoms with van der Waals surface area (Å²) >= 11 is 0. The van der Waals surface area contributed by atoms with Gasteiger partial charge in [0.15, 0.2) is 0 Å². The van der Waals surface area contributed by atoms with Gasteiger partial charge in [-0.1, -0.05) is 45.4 Å². The molecular weight excluding hydrogens is 274 g/mol. The maximum atomic E-state index is 12.5. The van der Waals surface area contributed by atoms with Crippen LogP contribution in [0.15, 0.2) is 24.3 Å². The minimum Gasteiger partial charge on any atom is -0.487 e. The average Bonchev–Trinajstić information content (AvgIpc) is 2.47. The third-order valence-corrected chi connectivity index (χ3v) is 4.95. The largest absolute Gasteiger partial charge is 0.487 e. The first-order valence-electron chi connectivity index (χ1n) is 8.49. The molecule has 3 nitrogen and oxygen atoms in total. The first kappa shape index (κ1) is 15.4. The van der Waals surface area contributed by atoms with Gasteiger partial charge in [-0.2, -0.15) is 0 Å².